The van der Waals surface area contributed by atoms with Gasteiger partial charge in [-0.15, -0.1) is 0 Å². The monoisotopic (exact) mass is 255 g/mol. The molecule has 0 bridgehead atoms. The Labute approximate surface area is 107 Å². The number of hydrogen-bond acceptors (Lipinski definition) is 3. The van der Waals surface area contributed by atoms with Crippen LogP contribution in [-0.2, 0) is 14.3 Å². The number of hydrogen-bond donors (Lipinski definition) is 1. The molecule has 2 unspecified atom stereocenters. The molecule has 18 heavy (non-hydrogen) atoms. The summed E-state index contributed by atoms with van der Waals surface area (Å²) < 4.78 is 5.59. The predicted molar refractivity (Wildman–Crippen MR) is 65.1 cm³/mol. The molecule has 1 saturated carbocycles. The number of nitrogens with zero attached hydrogens (tertiary/aromatic N) is 1. The average molecular weight is 255 g/mol. The van der Waals surface area contributed by atoms with Gasteiger partial charge < -0.3 is 14.7 Å². The summed E-state index contributed by atoms with van der Waals surface area (Å²) >= 11 is 0. The van der Waals surface area contributed by atoms with Crippen LogP contribution in [-0.4, -0.2) is 47.2 Å². The summed E-state index contributed by atoms with van der Waals surface area (Å²) in [5.74, 6) is -1.66. The van der Waals surface area contributed by atoms with Gasteiger partial charge in [0.2, 0.25) is 5.91 Å². The van der Waals surface area contributed by atoms with Crippen molar-refractivity contribution in [1.29, 1.82) is 0 Å². The zero-order valence-corrected chi connectivity index (χ0v) is 11.0. The molecule has 2 rings (SSSR count). The molecule has 1 N–H and O–H groups in total. The lowest BCUT2D eigenvalue weighted by Crippen LogP contribution is -2.50. The van der Waals surface area contributed by atoms with E-state index in [1.54, 1.807) is 4.90 Å². The molecule has 1 amide bonds. The molecule has 0 radical (unpaired) electrons. The Morgan fingerprint density at radius 1 is 1.11 bits per heavy atom. The van der Waals surface area contributed by atoms with Crippen molar-refractivity contribution in [1.82, 2.24) is 4.90 Å². The van der Waals surface area contributed by atoms with Gasteiger partial charge in [-0.05, 0) is 26.7 Å². The highest BCUT2D eigenvalue weighted by molar-refractivity contribution is 5.85. The second kappa shape index (κ2) is 5.26. The van der Waals surface area contributed by atoms with E-state index in [-0.39, 0.29) is 24.0 Å². The number of amides is 1. The molecule has 2 fully saturated rings. The summed E-state index contributed by atoms with van der Waals surface area (Å²) in [4.78, 5) is 25.3. The van der Waals surface area contributed by atoms with Gasteiger partial charge in [0.15, 0.2) is 0 Å². The minimum absolute atomic E-state index is 0.00176. The molecule has 0 aromatic heterocycles. The van der Waals surface area contributed by atoms with Crippen molar-refractivity contribution in [2.45, 2.75) is 45.3 Å². The molecule has 5 nitrogen and oxygen atoms in total. The topological polar surface area (TPSA) is 66.8 Å². The first-order valence-corrected chi connectivity index (χ1v) is 6.66. The van der Waals surface area contributed by atoms with Crippen LogP contribution in [0.15, 0.2) is 0 Å². The summed E-state index contributed by atoms with van der Waals surface area (Å²) in [7, 11) is 0. The van der Waals surface area contributed by atoms with Gasteiger partial charge in [-0.25, -0.2) is 0 Å². The van der Waals surface area contributed by atoms with E-state index in [1.807, 2.05) is 13.8 Å². The second-order valence-electron chi connectivity index (χ2n) is 5.48. The van der Waals surface area contributed by atoms with Gasteiger partial charge in [-0.1, -0.05) is 6.42 Å². The maximum atomic E-state index is 12.4. The van der Waals surface area contributed by atoms with E-state index in [9.17, 15) is 9.59 Å². The first-order chi connectivity index (χ1) is 8.49. The molecule has 0 aromatic rings. The van der Waals surface area contributed by atoms with E-state index >= 15 is 0 Å². The molecule has 1 aliphatic carbocycles. The van der Waals surface area contributed by atoms with Crippen molar-refractivity contribution < 1.29 is 19.4 Å². The number of carboxylic acids is 1. The standard InChI is InChI=1S/C13H21NO4/c1-8-6-14(7-9(2)18-8)12(15)10-4-3-5-11(10)13(16)17/h8-11H,3-7H2,1-2H3,(H,16,17)/t8?,9?,10-,11+/m1/s1. The normalized spacial score (nSPS) is 36.7. The van der Waals surface area contributed by atoms with Crippen LogP contribution in [0, 0.1) is 11.8 Å². The lowest BCUT2D eigenvalue weighted by molar-refractivity contribution is -0.154. The van der Waals surface area contributed by atoms with Crippen molar-refractivity contribution in [3.63, 3.8) is 0 Å². The van der Waals surface area contributed by atoms with Gasteiger partial charge in [-0.2, -0.15) is 0 Å². The van der Waals surface area contributed by atoms with Crippen molar-refractivity contribution in [2.24, 2.45) is 11.8 Å². The summed E-state index contributed by atoms with van der Waals surface area (Å²) in [6, 6.07) is 0. The van der Waals surface area contributed by atoms with E-state index in [1.165, 1.54) is 0 Å². The number of morpholine rings is 1. The summed E-state index contributed by atoms with van der Waals surface area (Å²) in [6.45, 7) is 5.04. The quantitative estimate of drug-likeness (QED) is 0.803. The Balaban J connectivity index is 2.04. The second-order valence-corrected chi connectivity index (χ2v) is 5.48. The van der Waals surface area contributed by atoms with Gasteiger partial charge in [-0.3, -0.25) is 9.59 Å². The smallest absolute Gasteiger partial charge is 0.307 e. The third-order valence-corrected chi connectivity index (χ3v) is 3.88. The van der Waals surface area contributed by atoms with E-state index in [4.69, 9.17) is 9.84 Å². The van der Waals surface area contributed by atoms with Gasteiger partial charge in [0.25, 0.3) is 0 Å². The number of aliphatic carboxylic acids is 1. The zero-order valence-electron chi connectivity index (χ0n) is 11.0. The molecule has 1 aliphatic heterocycles. The first kappa shape index (κ1) is 13.3. The van der Waals surface area contributed by atoms with Crippen molar-refractivity contribution in [3.05, 3.63) is 0 Å². The molecular weight excluding hydrogens is 234 g/mol. The predicted octanol–water partition coefficient (Wildman–Crippen LogP) is 1.12. The third kappa shape index (κ3) is 2.66. The largest absolute Gasteiger partial charge is 0.481 e. The Morgan fingerprint density at radius 2 is 1.67 bits per heavy atom. The van der Waals surface area contributed by atoms with Gasteiger partial charge in [0.1, 0.15) is 0 Å². The highest BCUT2D eigenvalue weighted by Crippen LogP contribution is 2.34. The SMILES string of the molecule is CC1CN(C(=O)[C@@H]2CCC[C@@H]2C(=O)O)CC(C)O1. The molecule has 0 aromatic carbocycles. The summed E-state index contributed by atoms with van der Waals surface area (Å²) in [6.07, 6.45) is 2.23. The van der Waals surface area contributed by atoms with Crippen molar-refractivity contribution >= 4 is 11.9 Å². The Morgan fingerprint density at radius 3 is 2.22 bits per heavy atom. The van der Waals surface area contributed by atoms with Crippen molar-refractivity contribution in [2.75, 3.05) is 13.1 Å². The number of rotatable bonds is 2. The van der Waals surface area contributed by atoms with E-state index in [0.29, 0.717) is 25.9 Å². The minimum Gasteiger partial charge on any atom is -0.481 e. The van der Waals surface area contributed by atoms with E-state index in [0.717, 1.165) is 6.42 Å². The highest BCUT2D eigenvalue weighted by atomic mass is 16.5. The zero-order chi connectivity index (χ0) is 13.3. The van der Waals surface area contributed by atoms with Crippen LogP contribution < -0.4 is 0 Å². The Bertz CT molecular complexity index is 334. The van der Waals surface area contributed by atoms with Crippen LogP contribution in [0.2, 0.25) is 0 Å². The number of carbonyl (C=O) groups excluding carboxylic acids is 1. The van der Waals surface area contributed by atoms with E-state index < -0.39 is 11.9 Å². The first-order valence-electron chi connectivity index (χ1n) is 6.66. The van der Waals surface area contributed by atoms with Crippen LogP contribution in [0.1, 0.15) is 33.1 Å². The lowest BCUT2D eigenvalue weighted by atomic mass is 9.94. The fraction of sp³-hybridized carbons (Fsp3) is 0.846. The fourth-order valence-electron chi connectivity index (χ4n) is 3.14. The van der Waals surface area contributed by atoms with Gasteiger partial charge >= 0.3 is 5.97 Å². The lowest BCUT2D eigenvalue weighted by Gasteiger charge is -2.37. The van der Waals surface area contributed by atoms with Crippen LogP contribution in [0.4, 0.5) is 0 Å². The molecule has 0 spiro atoms. The third-order valence-electron chi connectivity index (χ3n) is 3.88. The molecule has 1 heterocycles. The van der Waals surface area contributed by atoms with Crippen molar-refractivity contribution in [3.8, 4) is 0 Å². The van der Waals surface area contributed by atoms with Crippen LogP contribution in [0.3, 0.4) is 0 Å². The Hall–Kier alpha value is -1.10. The number of ether oxygens (including phenoxy) is 1. The Kier molecular flexibility index (Phi) is 3.90. The summed E-state index contributed by atoms with van der Waals surface area (Å²) in [5.41, 5.74) is 0. The van der Waals surface area contributed by atoms with E-state index in [2.05, 4.69) is 0 Å². The van der Waals surface area contributed by atoms with Gasteiger partial charge in [0, 0.05) is 13.1 Å². The molecular formula is C13H21NO4. The van der Waals surface area contributed by atoms with Crippen LogP contribution >= 0.6 is 0 Å². The minimum atomic E-state index is -0.833. The fourth-order valence-corrected chi connectivity index (χ4v) is 3.14. The maximum absolute atomic E-state index is 12.4. The average Bonchev–Trinajstić information content (AvgIpc) is 2.75. The molecule has 4 atom stereocenters. The van der Waals surface area contributed by atoms with Crippen LogP contribution in [0.5, 0.6) is 0 Å². The number of carboxylic acid groups (broad SMARTS) is 1. The summed E-state index contributed by atoms with van der Waals surface area (Å²) in [5, 5.41) is 9.14. The van der Waals surface area contributed by atoms with Gasteiger partial charge in [0.05, 0.1) is 24.0 Å². The molecule has 2 aliphatic rings. The maximum Gasteiger partial charge on any atom is 0.307 e. The molecule has 102 valence electrons. The number of carbonyl (C=O) groups is 2. The molecule has 5 heteroatoms. The molecule has 1 saturated heterocycles. The van der Waals surface area contributed by atoms with Crippen LogP contribution in [0.25, 0.3) is 0 Å². The highest BCUT2D eigenvalue weighted by Gasteiger charge is 2.41.